The van der Waals surface area contributed by atoms with Gasteiger partial charge in [0.2, 0.25) is 5.82 Å². The van der Waals surface area contributed by atoms with E-state index in [-0.39, 0.29) is 5.89 Å². The summed E-state index contributed by atoms with van der Waals surface area (Å²) in [5, 5.41) is 14.0. The highest BCUT2D eigenvalue weighted by atomic mass is 35.5. The predicted octanol–water partition coefficient (Wildman–Crippen LogP) is 1.77. The zero-order valence-electron chi connectivity index (χ0n) is 9.01. The van der Waals surface area contributed by atoms with Gasteiger partial charge in [0.15, 0.2) is 0 Å². The Kier molecular flexibility index (Phi) is 3.73. The SMILES string of the molecule is NCCC(O)c1nc(-c2ccccc2Cl)no1. The van der Waals surface area contributed by atoms with Crippen LogP contribution in [0.25, 0.3) is 11.4 Å². The van der Waals surface area contributed by atoms with Gasteiger partial charge in [-0.3, -0.25) is 0 Å². The fraction of sp³-hybridized carbons (Fsp3) is 0.273. The summed E-state index contributed by atoms with van der Waals surface area (Å²) >= 11 is 6.00. The number of hydrogen-bond acceptors (Lipinski definition) is 5. The summed E-state index contributed by atoms with van der Waals surface area (Å²) in [6, 6.07) is 7.17. The van der Waals surface area contributed by atoms with Crippen molar-refractivity contribution in [1.29, 1.82) is 0 Å². The van der Waals surface area contributed by atoms with Gasteiger partial charge in [0.05, 0.1) is 5.02 Å². The number of rotatable bonds is 4. The van der Waals surface area contributed by atoms with Crippen LogP contribution in [0.15, 0.2) is 28.8 Å². The van der Waals surface area contributed by atoms with Crippen molar-refractivity contribution >= 4 is 11.6 Å². The van der Waals surface area contributed by atoms with Crippen molar-refractivity contribution in [2.75, 3.05) is 6.54 Å². The topological polar surface area (TPSA) is 85.2 Å². The molecule has 0 amide bonds. The standard InChI is InChI=1S/C11H12ClN3O2/c12-8-4-2-1-3-7(8)10-14-11(17-15-10)9(16)5-6-13/h1-4,9,16H,5-6,13H2. The molecule has 0 saturated carbocycles. The molecular formula is C11H12ClN3O2. The quantitative estimate of drug-likeness (QED) is 0.867. The number of nitrogens with zero attached hydrogens (tertiary/aromatic N) is 2. The first-order valence-electron chi connectivity index (χ1n) is 5.19. The average molecular weight is 254 g/mol. The van der Waals surface area contributed by atoms with E-state index in [1.807, 2.05) is 12.1 Å². The van der Waals surface area contributed by atoms with Crippen molar-refractivity contribution in [3.05, 3.63) is 35.2 Å². The number of aromatic nitrogens is 2. The van der Waals surface area contributed by atoms with Gasteiger partial charge in [-0.05, 0) is 25.1 Å². The van der Waals surface area contributed by atoms with Gasteiger partial charge in [-0.1, -0.05) is 28.9 Å². The van der Waals surface area contributed by atoms with Crippen molar-refractivity contribution in [3.8, 4) is 11.4 Å². The molecular weight excluding hydrogens is 242 g/mol. The minimum absolute atomic E-state index is 0.158. The number of aliphatic hydroxyl groups excluding tert-OH is 1. The lowest BCUT2D eigenvalue weighted by Gasteiger charge is -2.01. The third kappa shape index (κ3) is 2.63. The maximum absolute atomic E-state index is 9.64. The first-order valence-corrected chi connectivity index (χ1v) is 5.57. The van der Waals surface area contributed by atoms with Crippen LogP contribution in [-0.2, 0) is 0 Å². The van der Waals surface area contributed by atoms with Gasteiger partial charge in [0.1, 0.15) is 6.10 Å². The molecule has 0 aliphatic rings. The van der Waals surface area contributed by atoms with E-state index in [4.69, 9.17) is 21.9 Å². The van der Waals surface area contributed by atoms with Crippen LogP contribution in [0.2, 0.25) is 5.02 Å². The van der Waals surface area contributed by atoms with E-state index in [1.54, 1.807) is 12.1 Å². The first-order chi connectivity index (χ1) is 8.22. The van der Waals surface area contributed by atoms with Crippen LogP contribution < -0.4 is 5.73 Å². The maximum Gasteiger partial charge on any atom is 0.255 e. The molecule has 2 rings (SSSR count). The first kappa shape index (κ1) is 12.0. The van der Waals surface area contributed by atoms with Crippen LogP contribution in [0, 0.1) is 0 Å². The Morgan fingerprint density at radius 3 is 2.88 bits per heavy atom. The molecule has 1 unspecified atom stereocenters. The molecule has 3 N–H and O–H groups in total. The molecule has 90 valence electrons. The molecule has 0 spiro atoms. The molecule has 2 aromatic rings. The minimum Gasteiger partial charge on any atom is -0.383 e. The van der Waals surface area contributed by atoms with E-state index in [9.17, 15) is 5.11 Å². The third-order valence-electron chi connectivity index (χ3n) is 2.28. The predicted molar refractivity (Wildman–Crippen MR) is 63.4 cm³/mol. The third-order valence-corrected chi connectivity index (χ3v) is 2.61. The molecule has 0 aliphatic carbocycles. The van der Waals surface area contributed by atoms with E-state index < -0.39 is 6.10 Å². The lowest BCUT2D eigenvalue weighted by atomic mass is 10.2. The normalized spacial score (nSPS) is 12.6. The highest BCUT2D eigenvalue weighted by Gasteiger charge is 2.17. The Morgan fingerprint density at radius 1 is 1.41 bits per heavy atom. The number of nitrogens with two attached hydrogens (primary N) is 1. The Labute approximate surface area is 103 Å². The molecule has 0 radical (unpaired) electrons. The van der Waals surface area contributed by atoms with Crippen molar-refractivity contribution in [2.45, 2.75) is 12.5 Å². The lowest BCUT2D eigenvalue weighted by Crippen LogP contribution is -2.06. The molecule has 1 atom stereocenters. The lowest BCUT2D eigenvalue weighted by molar-refractivity contribution is 0.127. The number of hydrogen-bond donors (Lipinski definition) is 2. The van der Waals surface area contributed by atoms with Crippen LogP contribution >= 0.6 is 11.6 Å². The number of halogens is 1. The van der Waals surface area contributed by atoms with E-state index in [0.717, 1.165) is 0 Å². The smallest absolute Gasteiger partial charge is 0.255 e. The van der Waals surface area contributed by atoms with Gasteiger partial charge >= 0.3 is 0 Å². The van der Waals surface area contributed by atoms with E-state index >= 15 is 0 Å². The van der Waals surface area contributed by atoms with Crippen molar-refractivity contribution < 1.29 is 9.63 Å². The second kappa shape index (κ2) is 5.27. The van der Waals surface area contributed by atoms with Gasteiger partial charge in [-0.25, -0.2) is 0 Å². The average Bonchev–Trinajstić information content (AvgIpc) is 2.79. The molecule has 1 aromatic carbocycles. The molecule has 6 heteroatoms. The van der Waals surface area contributed by atoms with Crippen LogP contribution in [0.3, 0.4) is 0 Å². The Bertz CT molecular complexity index is 501. The number of benzene rings is 1. The van der Waals surface area contributed by atoms with Gasteiger partial charge in [0.25, 0.3) is 5.89 Å². The van der Waals surface area contributed by atoms with E-state index in [0.29, 0.717) is 29.4 Å². The molecule has 17 heavy (non-hydrogen) atoms. The van der Waals surface area contributed by atoms with Crippen LogP contribution in [0.5, 0.6) is 0 Å². The van der Waals surface area contributed by atoms with Crippen molar-refractivity contribution in [1.82, 2.24) is 10.1 Å². The molecule has 0 bridgehead atoms. The van der Waals surface area contributed by atoms with E-state index in [1.165, 1.54) is 0 Å². The maximum atomic E-state index is 9.64. The monoisotopic (exact) mass is 253 g/mol. The van der Waals surface area contributed by atoms with Gasteiger partial charge in [0, 0.05) is 5.56 Å². The summed E-state index contributed by atoms with van der Waals surface area (Å²) in [5.41, 5.74) is 6.01. The Morgan fingerprint density at radius 2 is 2.18 bits per heavy atom. The zero-order valence-corrected chi connectivity index (χ0v) is 9.76. The number of aliphatic hydroxyl groups is 1. The Hall–Kier alpha value is -1.43. The Balaban J connectivity index is 2.27. The van der Waals surface area contributed by atoms with Crippen molar-refractivity contribution in [2.24, 2.45) is 5.73 Å². The summed E-state index contributed by atoms with van der Waals surface area (Å²) < 4.78 is 4.96. The van der Waals surface area contributed by atoms with Gasteiger partial charge in [-0.2, -0.15) is 4.98 Å². The second-order valence-electron chi connectivity index (χ2n) is 3.53. The molecule has 1 aromatic heterocycles. The molecule has 0 saturated heterocycles. The molecule has 1 heterocycles. The second-order valence-corrected chi connectivity index (χ2v) is 3.94. The summed E-state index contributed by atoms with van der Waals surface area (Å²) in [5.74, 6) is 0.520. The molecule has 0 fully saturated rings. The summed E-state index contributed by atoms with van der Waals surface area (Å²) in [4.78, 5) is 4.09. The zero-order chi connectivity index (χ0) is 12.3. The fourth-order valence-corrected chi connectivity index (χ4v) is 1.62. The largest absolute Gasteiger partial charge is 0.383 e. The van der Waals surface area contributed by atoms with Crippen molar-refractivity contribution in [3.63, 3.8) is 0 Å². The summed E-state index contributed by atoms with van der Waals surface area (Å²) in [6.45, 7) is 0.352. The minimum atomic E-state index is -0.830. The van der Waals surface area contributed by atoms with Crippen LogP contribution in [0.1, 0.15) is 18.4 Å². The van der Waals surface area contributed by atoms with Crippen LogP contribution in [-0.4, -0.2) is 21.8 Å². The van der Waals surface area contributed by atoms with Crippen LogP contribution in [0.4, 0.5) is 0 Å². The molecule has 0 aliphatic heterocycles. The van der Waals surface area contributed by atoms with Gasteiger partial charge in [-0.15, -0.1) is 0 Å². The highest BCUT2D eigenvalue weighted by molar-refractivity contribution is 6.33. The molecule has 5 nitrogen and oxygen atoms in total. The highest BCUT2D eigenvalue weighted by Crippen LogP contribution is 2.26. The van der Waals surface area contributed by atoms with E-state index in [2.05, 4.69) is 10.1 Å². The summed E-state index contributed by atoms with van der Waals surface area (Å²) in [6.07, 6.45) is -0.451. The van der Waals surface area contributed by atoms with Gasteiger partial charge < -0.3 is 15.4 Å². The summed E-state index contributed by atoms with van der Waals surface area (Å²) in [7, 11) is 0. The fourth-order valence-electron chi connectivity index (χ4n) is 1.40.